The van der Waals surface area contributed by atoms with E-state index in [2.05, 4.69) is 17.3 Å². The highest BCUT2D eigenvalue weighted by Gasteiger charge is 2.18. The van der Waals surface area contributed by atoms with Crippen LogP contribution in [0.2, 0.25) is 0 Å². The van der Waals surface area contributed by atoms with E-state index in [0.29, 0.717) is 23.8 Å². The summed E-state index contributed by atoms with van der Waals surface area (Å²) in [4.78, 5) is 2.33. The van der Waals surface area contributed by atoms with Crippen LogP contribution in [0.15, 0.2) is 18.2 Å². The Hall–Kier alpha value is -1.13. The number of benzene rings is 1. The summed E-state index contributed by atoms with van der Waals surface area (Å²) in [5.74, 6) is 0.745. The van der Waals surface area contributed by atoms with Gasteiger partial charge in [0.2, 0.25) is 0 Å². The lowest BCUT2D eigenvalue weighted by molar-refractivity contribution is 0.379. The topological polar surface area (TPSA) is 24.5 Å². The maximum absolute atomic E-state index is 13.9. The van der Waals surface area contributed by atoms with Crippen LogP contribution in [0.25, 0.3) is 0 Å². The summed E-state index contributed by atoms with van der Waals surface area (Å²) >= 11 is 0. The van der Waals surface area contributed by atoms with Gasteiger partial charge in [-0.1, -0.05) is 12.1 Å². The number of ether oxygens (including phenoxy) is 1. The van der Waals surface area contributed by atoms with Crippen molar-refractivity contribution in [2.45, 2.75) is 13.0 Å². The molecule has 1 heterocycles. The summed E-state index contributed by atoms with van der Waals surface area (Å²) < 4.78 is 18.8. The molecule has 0 aliphatic carbocycles. The lowest BCUT2D eigenvalue weighted by Gasteiger charge is -2.12. The number of methoxy groups -OCH3 is 1. The number of nitrogens with one attached hydrogen (secondary N) is 1. The highest BCUT2D eigenvalue weighted by atomic mass is 19.1. The van der Waals surface area contributed by atoms with Crippen molar-refractivity contribution in [2.75, 3.05) is 33.8 Å². The van der Waals surface area contributed by atoms with Gasteiger partial charge in [-0.25, -0.2) is 4.39 Å². The molecule has 0 saturated carbocycles. The Kier molecular flexibility index (Phi) is 4.55. The van der Waals surface area contributed by atoms with Crippen LogP contribution < -0.4 is 10.1 Å². The minimum absolute atomic E-state index is 0.254. The first kappa shape index (κ1) is 13.3. The molecule has 1 N–H and O–H groups in total. The zero-order chi connectivity index (χ0) is 13.0. The van der Waals surface area contributed by atoms with Crippen LogP contribution in [0.4, 0.5) is 4.39 Å². The molecule has 1 aliphatic rings. The van der Waals surface area contributed by atoms with Gasteiger partial charge in [-0.15, -0.1) is 0 Å². The van der Waals surface area contributed by atoms with Gasteiger partial charge in [-0.3, -0.25) is 0 Å². The van der Waals surface area contributed by atoms with E-state index >= 15 is 0 Å². The molecule has 0 spiro atoms. The third kappa shape index (κ3) is 3.21. The van der Waals surface area contributed by atoms with Gasteiger partial charge in [0.15, 0.2) is 11.6 Å². The van der Waals surface area contributed by atoms with Crippen molar-refractivity contribution < 1.29 is 9.13 Å². The zero-order valence-electron chi connectivity index (χ0n) is 11.1. The second-order valence-corrected chi connectivity index (χ2v) is 4.98. The van der Waals surface area contributed by atoms with Gasteiger partial charge in [0.05, 0.1) is 7.11 Å². The molecule has 4 heteroatoms. The van der Waals surface area contributed by atoms with Crippen LogP contribution >= 0.6 is 0 Å². The van der Waals surface area contributed by atoms with E-state index in [1.54, 1.807) is 12.1 Å². The van der Waals surface area contributed by atoms with Crippen LogP contribution in [0, 0.1) is 11.7 Å². The lowest BCUT2D eigenvalue weighted by Crippen LogP contribution is -2.25. The molecule has 18 heavy (non-hydrogen) atoms. The van der Waals surface area contributed by atoms with E-state index in [1.165, 1.54) is 20.1 Å². The number of rotatable bonds is 5. The molecule has 1 aromatic carbocycles. The molecular formula is C14H21FN2O. The largest absolute Gasteiger partial charge is 0.494 e. The van der Waals surface area contributed by atoms with Gasteiger partial charge >= 0.3 is 0 Å². The SMILES string of the molecule is COc1cccc(CNCC2CCN(C)C2)c1F. The van der Waals surface area contributed by atoms with Crippen molar-refractivity contribution >= 4 is 0 Å². The smallest absolute Gasteiger partial charge is 0.169 e. The highest BCUT2D eigenvalue weighted by Crippen LogP contribution is 2.20. The van der Waals surface area contributed by atoms with Gasteiger partial charge < -0.3 is 15.0 Å². The first-order valence-electron chi connectivity index (χ1n) is 6.41. The molecule has 1 aromatic rings. The average molecular weight is 252 g/mol. The predicted octanol–water partition coefficient (Wildman–Crippen LogP) is 1.88. The van der Waals surface area contributed by atoms with Crippen LogP contribution in [-0.4, -0.2) is 38.7 Å². The summed E-state index contributed by atoms with van der Waals surface area (Å²) in [5, 5.41) is 3.33. The molecule has 0 amide bonds. The Morgan fingerprint density at radius 2 is 2.33 bits per heavy atom. The summed E-state index contributed by atoms with van der Waals surface area (Å²) in [7, 11) is 3.63. The van der Waals surface area contributed by atoms with Crippen LogP contribution in [0.5, 0.6) is 5.75 Å². The third-order valence-corrected chi connectivity index (χ3v) is 3.50. The summed E-state index contributed by atoms with van der Waals surface area (Å²) in [6.45, 7) is 3.80. The van der Waals surface area contributed by atoms with Gasteiger partial charge in [0, 0.05) is 18.7 Å². The molecule has 1 saturated heterocycles. The minimum atomic E-state index is -0.254. The van der Waals surface area contributed by atoms with Gasteiger partial charge in [-0.2, -0.15) is 0 Å². The normalized spacial score (nSPS) is 20.3. The number of likely N-dealkylation sites (tertiary alicyclic amines) is 1. The van der Waals surface area contributed by atoms with Crippen molar-refractivity contribution in [2.24, 2.45) is 5.92 Å². The van der Waals surface area contributed by atoms with E-state index in [1.807, 2.05) is 6.07 Å². The first-order valence-corrected chi connectivity index (χ1v) is 6.41. The van der Waals surface area contributed by atoms with E-state index in [9.17, 15) is 4.39 Å². The Labute approximate surface area is 108 Å². The van der Waals surface area contributed by atoms with Gasteiger partial charge in [0.25, 0.3) is 0 Å². The molecule has 3 nitrogen and oxygen atoms in total. The van der Waals surface area contributed by atoms with Crippen molar-refractivity contribution in [1.29, 1.82) is 0 Å². The molecule has 1 atom stereocenters. The monoisotopic (exact) mass is 252 g/mol. The number of nitrogens with zero attached hydrogens (tertiary/aromatic N) is 1. The molecule has 0 bridgehead atoms. The molecule has 1 aliphatic heterocycles. The lowest BCUT2D eigenvalue weighted by atomic mass is 10.1. The van der Waals surface area contributed by atoms with Crippen molar-refractivity contribution in [3.63, 3.8) is 0 Å². The van der Waals surface area contributed by atoms with Gasteiger partial charge in [0.1, 0.15) is 0 Å². The Bertz CT molecular complexity index is 397. The molecular weight excluding hydrogens is 231 g/mol. The fraction of sp³-hybridized carbons (Fsp3) is 0.571. The van der Waals surface area contributed by atoms with Crippen molar-refractivity contribution in [3.8, 4) is 5.75 Å². The minimum Gasteiger partial charge on any atom is -0.494 e. The average Bonchev–Trinajstić information content (AvgIpc) is 2.77. The van der Waals surface area contributed by atoms with Crippen LogP contribution in [0.3, 0.4) is 0 Å². The van der Waals surface area contributed by atoms with Crippen molar-refractivity contribution in [1.82, 2.24) is 10.2 Å². The van der Waals surface area contributed by atoms with E-state index < -0.39 is 0 Å². The summed E-state index contributed by atoms with van der Waals surface area (Å²) in [6.07, 6.45) is 1.23. The Morgan fingerprint density at radius 3 is 3.00 bits per heavy atom. The van der Waals surface area contributed by atoms with Gasteiger partial charge in [-0.05, 0) is 38.5 Å². The highest BCUT2D eigenvalue weighted by molar-refractivity contribution is 5.30. The molecule has 2 rings (SSSR count). The second kappa shape index (κ2) is 6.16. The second-order valence-electron chi connectivity index (χ2n) is 4.98. The molecule has 0 radical (unpaired) electrons. The van der Waals surface area contributed by atoms with E-state index in [0.717, 1.165) is 13.1 Å². The van der Waals surface area contributed by atoms with E-state index in [4.69, 9.17) is 4.74 Å². The Balaban J connectivity index is 1.83. The predicted molar refractivity (Wildman–Crippen MR) is 70.3 cm³/mol. The van der Waals surface area contributed by atoms with Crippen molar-refractivity contribution in [3.05, 3.63) is 29.6 Å². The fourth-order valence-electron chi connectivity index (χ4n) is 2.45. The maximum Gasteiger partial charge on any atom is 0.169 e. The zero-order valence-corrected chi connectivity index (χ0v) is 11.1. The number of hydrogen-bond donors (Lipinski definition) is 1. The maximum atomic E-state index is 13.9. The standard InChI is InChI=1S/C14H21FN2O/c1-17-7-6-11(10-17)8-16-9-12-4-3-5-13(18-2)14(12)15/h3-5,11,16H,6-10H2,1-2H3. The van der Waals surface area contributed by atoms with Crippen LogP contribution in [0.1, 0.15) is 12.0 Å². The molecule has 0 aromatic heterocycles. The first-order chi connectivity index (χ1) is 8.70. The van der Waals surface area contributed by atoms with E-state index in [-0.39, 0.29) is 5.82 Å². The summed E-state index contributed by atoms with van der Waals surface area (Å²) in [6, 6.07) is 5.26. The third-order valence-electron chi connectivity index (χ3n) is 3.50. The fourth-order valence-corrected chi connectivity index (χ4v) is 2.45. The molecule has 1 unspecified atom stereocenters. The number of halogens is 1. The van der Waals surface area contributed by atoms with Crippen LogP contribution in [-0.2, 0) is 6.54 Å². The number of hydrogen-bond acceptors (Lipinski definition) is 3. The molecule has 1 fully saturated rings. The quantitative estimate of drug-likeness (QED) is 0.866. The summed E-state index contributed by atoms with van der Waals surface area (Å²) in [5.41, 5.74) is 0.667. The molecule has 100 valence electrons. The Morgan fingerprint density at radius 1 is 1.50 bits per heavy atom.